The van der Waals surface area contributed by atoms with E-state index in [4.69, 9.17) is 4.74 Å². The number of carbonyl (C=O) groups excluding carboxylic acids is 1. The SMILES string of the molecule is CC(C)(C(=O)N1CCOCC1)c1cncc(-c2cnc3c(c2)CCCN3)c1. The van der Waals surface area contributed by atoms with E-state index in [1.807, 2.05) is 31.1 Å². The van der Waals surface area contributed by atoms with Crippen molar-refractivity contribution < 1.29 is 9.53 Å². The number of hydrogen-bond acceptors (Lipinski definition) is 5. The van der Waals surface area contributed by atoms with Crippen LogP contribution in [-0.2, 0) is 21.4 Å². The maximum Gasteiger partial charge on any atom is 0.232 e. The summed E-state index contributed by atoms with van der Waals surface area (Å²) in [5.74, 6) is 1.11. The summed E-state index contributed by atoms with van der Waals surface area (Å²) in [4.78, 5) is 24.0. The third-order valence-electron chi connectivity index (χ3n) is 5.51. The molecular weight excluding hydrogens is 340 g/mol. The molecule has 27 heavy (non-hydrogen) atoms. The van der Waals surface area contributed by atoms with Gasteiger partial charge in [0.25, 0.3) is 0 Å². The molecule has 142 valence electrons. The molecule has 2 aromatic rings. The highest BCUT2D eigenvalue weighted by molar-refractivity contribution is 5.88. The zero-order valence-corrected chi connectivity index (χ0v) is 16.0. The van der Waals surface area contributed by atoms with Gasteiger partial charge >= 0.3 is 0 Å². The number of nitrogens with zero attached hydrogens (tertiary/aromatic N) is 3. The number of aromatic nitrogens is 2. The number of amides is 1. The number of pyridine rings is 2. The van der Waals surface area contributed by atoms with Crippen molar-refractivity contribution in [1.82, 2.24) is 14.9 Å². The van der Waals surface area contributed by atoms with E-state index >= 15 is 0 Å². The number of anilines is 1. The highest BCUT2D eigenvalue weighted by atomic mass is 16.5. The van der Waals surface area contributed by atoms with E-state index in [-0.39, 0.29) is 5.91 Å². The van der Waals surface area contributed by atoms with Crippen LogP contribution in [0.3, 0.4) is 0 Å². The second kappa shape index (κ2) is 7.27. The Bertz CT molecular complexity index is 844. The van der Waals surface area contributed by atoms with Crippen molar-refractivity contribution in [3.05, 3.63) is 41.9 Å². The first-order valence-corrected chi connectivity index (χ1v) is 9.61. The molecule has 4 heterocycles. The number of carbonyl (C=O) groups is 1. The van der Waals surface area contributed by atoms with Crippen molar-refractivity contribution in [3.63, 3.8) is 0 Å². The Morgan fingerprint density at radius 3 is 2.74 bits per heavy atom. The molecule has 6 nitrogen and oxygen atoms in total. The van der Waals surface area contributed by atoms with Crippen molar-refractivity contribution in [3.8, 4) is 11.1 Å². The molecule has 6 heteroatoms. The van der Waals surface area contributed by atoms with Gasteiger partial charge in [-0.3, -0.25) is 9.78 Å². The highest BCUT2D eigenvalue weighted by Gasteiger charge is 2.35. The van der Waals surface area contributed by atoms with Gasteiger partial charge in [0.2, 0.25) is 5.91 Å². The Labute approximate surface area is 160 Å². The van der Waals surface area contributed by atoms with E-state index < -0.39 is 5.41 Å². The van der Waals surface area contributed by atoms with E-state index in [0.717, 1.165) is 41.9 Å². The average Bonchev–Trinajstić information content (AvgIpc) is 2.73. The second-order valence-electron chi connectivity index (χ2n) is 7.75. The van der Waals surface area contributed by atoms with Crippen molar-refractivity contribution in [2.45, 2.75) is 32.1 Å². The summed E-state index contributed by atoms with van der Waals surface area (Å²) in [7, 11) is 0. The number of fused-ring (bicyclic) bond motifs is 1. The number of rotatable bonds is 3. The fourth-order valence-electron chi connectivity index (χ4n) is 3.73. The molecule has 1 saturated heterocycles. The summed E-state index contributed by atoms with van der Waals surface area (Å²) in [6.07, 6.45) is 7.69. The van der Waals surface area contributed by atoms with E-state index in [1.165, 1.54) is 5.56 Å². The molecule has 0 saturated carbocycles. The van der Waals surface area contributed by atoms with Gasteiger partial charge in [0.15, 0.2) is 0 Å². The van der Waals surface area contributed by atoms with Gasteiger partial charge in [-0.1, -0.05) is 0 Å². The first-order chi connectivity index (χ1) is 13.1. The molecule has 1 N–H and O–H groups in total. The van der Waals surface area contributed by atoms with Crippen LogP contribution in [0.4, 0.5) is 5.82 Å². The van der Waals surface area contributed by atoms with Crippen molar-refractivity contribution in [1.29, 1.82) is 0 Å². The Hall–Kier alpha value is -2.47. The summed E-state index contributed by atoms with van der Waals surface area (Å²) in [6, 6.07) is 4.26. The lowest BCUT2D eigenvalue weighted by atomic mass is 9.83. The van der Waals surface area contributed by atoms with Crippen molar-refractivity contribution in [2.24, 2.45) is 0 Å². The molecule has 1 amide bonds. The maximum atomic E-state index is 13.1. The van der Waals surface area contributed by atoms with E-state index in [0.29, 0.717) is 26.3 Å². The van der Waals surface area contributed by atoms with Crippen LogP contribution in [-0.4, -0.2) is 53.6 Å². The van der Waals surface area contributed by atoms with Gasteiger partial charge in [-0.05, 0) is 49.9 Å². The Morgan fingerprint density at radius 1 is 1.15 bits per heavy atom. The summed E-state index contributed by atoms with van der Waals surface area (Å²) in [5, 5.41) is 3.34. The molecule has 0 unspecified atom stereocenters. The second-order valence-corrected chi connectivity index (χ2v) is 7.75. The van der Waals surface area contributed by atoms with Crippen LogP contribution >= 0.6 is 0 Å². The predicted octanol–water partition coefficient (Wildman–Crippen LogP) is 2.64. The molecular formula is C21H26N4O2. The lowest BCUT2D eigenvalue weighted by molar-refractivity contribution is -0.140. The van der Waals surface area contributed by atoms with Gasteiger partial charge in [0.1, 0.15) is 5.82 Å². The molecule has 0 atom stereocenters. The van der Waals surface area contributed by atoms with Crippen LogP contribution in [0.25, 0.3) is 11.1 Å². The zero-order valence-electron chi connectivity index (χ0n) is 16.0. The van der Waals surface area contributed by atoms with Gasteiger partial charge < -0.3 is 15.0 Å². The molecule has 1 fully saturated rings. The normalized spacial score (nSPS) is 17.2. The number of ether oxygens (including phenoxy) is 1. The quantitative estimate of drug-likeness (QED) is 0.904. The monoisotopic (exact) mass is 366 g/mol. The molecule has 2 aliphatic rings. The standard InChI is InChI=1S/C21H26N4O2/c1-21(2,20(26)25-6-8-27-9-7-25)18-11-17(12-22-14-18)16-10-15-4-3-5-23-19(15)24-13-16/h10-14H,3-9H2,1-2H3,(H,23,24). The Kier molecular flexibility index (Phi) is 4.83. The molecule has 0 aromatic carbocycles. The summed E-state index contributed by atoms with van der Waals surface area (Å²) in [5.41, 5.74) is 3.57. The lowest BCUT2D eigenvalue weighted by Gasteiger charge is -2.34. The highest BCUT2D eigenvalue weighted by Crippen LogP contribution is 2.31. The molecule has 2 aromatic heterocycles. The van der Waals surface area contributed by atoms with Crippen molar-refractivity contribution >= 4 is 11.7 Å². The molecule has 0 bridgehead atoms. The predicted molar refractivity (Wildman–Crippen MR) is 105 cm³/mol. The fourth-order valence-corrected chi connectivity index (χ4v) is 3.73. The largest absolute Gasteiger partial charge is 0.378 e. The first kappa shape index (κ1) is 17.9. The van der Waals surface area contributed by atoms with Crippen LogP contribution < -0.4 is 5.32 Å². The third-order valence-corrected chi connectivity index (χ3v) is 5.51. The van der Waals surface area contributed by atoms with Crippen LogP contribution in [0, 0.1) is 0 Å². The van der Waals surface area contributed by atoms with E-state index in [9.17, 15) is 4.79 Å². The van der Waals surface area contributed by atoms with E-state index in [2.05, 4.69) is 27.4 Å². The van der Waals surface area contributed by atoms with Gasteiger partial charge in [-0.2, -0.15) is 0 Å². The van der Waals surface area contributed by atoms with Gasteiger partial charge in [-0.25, -0.2) is 4.98 Å². The molecule has 2 aliphatic heterocycles. The van der Waals surface area contributed by atoms with Crippen LogP contribution in [0.2, 0.25) is 0 Å². The number of nitrogens with one attached hydrogen (secondary N) is 1. The van der Waals surface area contributed by atoms with Crippen LogP contribution in [0.5, 0.6) is 0 Å². The molecule has 0 spiro atoms. The number of aryl methyl sites for hydroxylation is 1. The van der Waals surface area contributed by atoms with Gasteiger partial charge in [0, 0.05) is 49.4 Å². The van der Waals surface area contributed by atoms with Crippen molar-refractivity contribution in [2.75, 3.05) is 38.2 Å². The summed E-state index contributed by atoms with van der Waals surface area (Å²) in [6.45, 7) is 7.44. The third kappa shape index (κ3) is 3.54. The zero-order chi connectivity index (χ0) is 18.9. The average molecular weight is 366 g/mol. The first-order valence-electron chi connectivity index (χ1n) is 9.61. The lowest BCUT2D eigenvalue weighted by Crippen LogP contribution is -2.48. The van der Waals surface area contributed by atoms with E-state index in [1.54, 1.807) is 6.20 Å². The number of morpholine rings is 1. The maximum absolute atomic E-state index is 13.1. The Morgan fingerprint density at radius 2 is 1.93 bits per heavy atom. The van der Waals surface area contributed by atoms with Gasteiger partial charge in [0.05, 0.1) is 18.6 Å². The summed E-state index contributed by atoms with van der Waals surface area (Å²) >= 11 is 0. The topological polar surface area (TPSA) is 67.4 Å². The fraction of sp³-hybridized carbons (Fsp3) is 0.476. The smallest absolute Gasteiger partial charge is 0.232 e. The molecule has 0 aliphatic carbocycles. The minimum absolute atomic E-state index is 0.123. The molecule has 4 rings (SSSR count). The minimum atomic E-state index is -0.635. The van der Waals surface area contributed by atoms with Crippen LogP contribution in [0.1, 0.15) is 31.4 Å². The minimum Gasteiger partial charge on any atom is -0.378 e. The number of hydrogen-bond donors (Lipinski definition) is 1. The van der Waals surface area contributed by atoms with Crippen LogP contribution in [0.15, 0.2) is 30.7 Å². The molecule has 0 radical (unpaired) electrons. The van der Waals surface area contributed by atoms with Gasteiger partial charge in [-0.15, -0.1) is 0 Å². The Balaban J connectivity index is 1.62. The summed E-state index contributed by atoms with van der Waals surface area (Å²) < 4.78 is 5.37.